The molecule has 1 aliphatic rings. The minimum Gasteiger partial charge on any atom is -0.465 e. The van der Waals surface area contributed by atoms with Gasteiger partial charge in [-0.05, 0) is 79.5 Å². The van der Waals surface area contributed by atoms with Crippen molar-refractivity contribution in [1.82, 2.24) is 15.3 Å². The van der Waals surface area contributed by atoms with Crippen LogP contribution >= 0.6 is 0 Å². The molecule has 0 saturated heterocycles. The normalized spacial score (nSPS) is 20.0. The van der Waals surface area contributed by atoms with Gasteiger partial charge in [0.2, 0.25) is 0 Å². The molecule has 2 amide bonds. The zero-order chi connectivity index (χ0) is 27.6. The smallest absolute Gasteiger partial charge is 0.404 e. The highest BCUT2D eigenvalue weighted by atomic mass is 19.1. The molecule has 4 N–H and O–H groups in total. The van der Waals surface area contributed by atoms with E-state index in [1.54, 1.807) is 12.3 Å². The molecule has 1 fully saturated rings. The summed E-state index contributed by atoms with van der Waals surface area (Å²) in [5.74, 6) is -3.87. The van der Waals surface area contributed by atoms with Crippen molar-refractivity contribution >= 4 is 17.7 Å². The van der Waals surface area contributed by atoms with Crippen molar-refractivity contribution in [3.8, 4) is 11.3 Å². The van der Waals surface area contributed by atoms with Gasteiger partial charge in [0.15, 0.2) is 0 Å². The standard InChI is InChI=1S/C27H27F3N4O4/c1-13-7-16(9-17(8-13)32-27(37)38)18-5-6-31-12-23(18)34-26(36)22-4-3-19(28)25(33-22)24-20(29)10-15(14(2)35)11-21(24)30/h3-6,10-14,16-17,32,35H,7-9H2,1-2H3,(H,34,36)(H,37,38)/t13-,14-,16+,17-/m0/s1. The lowest BCUT2D eigenvalue weighted by Crippen LogP contribution is -2.39. The van der Waals surface area contributed by atoms with Crippen LogP contribution in [0.15, 0.2) is 42.7 Å². The summed E-state index contributed by atoms with van der Waals surface area (Å²) >= 11 is 0. The molecular weight excluding hydrogens is 501 g/mol. The zero-order valence-corrected chi connectivity index (χ0v) is 20.7. The van der Waals surface area contributed by atoms with Gasteiger partial charge < -0.3 is 20.8 Å². The lowest BCUT2D eigenvalue weighted by molar-refractivity contribution is 0.102. The summed E-state index contributed by atoms with van der Waals surface area (Å²) in [6.45, 7) is 3.36. The van der Waals surface area contributed by atoms with Crippen molar-refractivity contribution in [3.63, 3.8) is 0 Å². The number of nitrogens with one attached hydrogen (secondary N) is 2. The number of aliphatic hydroxyl groups is 1. The molecular formula is C27H27F3N4O4. The maximum atomic E-state index is 14.7. The number of amides is 2. The van der Waals surface area contributed by atoms with Gasteiger partial charge in [-0.1, -0.05) is 6.92 Å². The number of carbonyl (C=O) groups is 2. The lowest BCUT2D eigenvalue weighted by Gasteiger charge is -2.34. The van der Waals surface area contributed by atoms with Crippen molar-refractivity contribution in [2.45, 2.75) is 51.2 Å². The van der Waals surface area contributed by atoms with Crippen LogP contribution in [0.1, 0.15) is 66.7 Å². The van der Waals surface area contributed by atoms with E-state index < -0.39 is 46.8 Å². The number of halogens is 3. The molecule has 0 spiro atoms. The highest BCUT2D eigenvalue weighted by Crippen LogP contribution is 2.39. The van der Waals surface area contributed by atoms with Crippen LogP contribution in [0.4, 0.5) is 23.7 Å². The van der Waals surface area contributed by atoms with Crippen LogP contribution in [0.5, 0.6) is 0 Å². The lowest BCUT2D eigenvalue weighted by atomic mass is 9.76. The van der Waals surface area contributed by atoms with E-state index >= 15 is 0 Å². The van der Waals surface area contributed by atoms with E-state index in [1.807, 2.05) is 6.92 Å². The van der Waals surface area contributed by atoms with E-state index in [9.17, 15) is 27.9 Å². The average Bonchev–Trinajstić information content (AvgIpc) is 2.84. The molecule has 0 bridgehead atoms. The third kappa shape index (κ3) is 5.94. The third-order valence-electron chi connectivity index (χ3n) is 6.68. The van der Waals surface area contributed by atoms with Gasteiger partial charge in [-0.15, -0.1) is 0 Å². The van der Waals surface area contributed by atoms with Gasteiger partial charge in [0.25, 0.3) is 5.91 Å². The number of anilines is 1. The molecule has 8 nitrogen and oxygen atoms in total. The number of hydrogen-bond donors (Lipinski definition) is 4. The van der Waals surface area contributed by atoms with Gasteiger partial charge in [-0.3, -0.25) is 9.78 Å². The molecule has 0 unspecified atom stereocenters. The van der Waals surface area contributed by atoms with E-state index in [0.29, 0.717) is 18.5 Å². The zero-order valence-electron chi connectivity index (χ0n) is 20.7. The summed E-state index contributed by atoms with van der Waals surface area (Å²) in [6, 6.07) is 5.26. The van der Waals surface area contributed by atoms with Gasteiger partial charge in [0, 0.05) is 12.2 Å². The molecule has 4 rings (SSSR count). The summed E-state index contributed by atoms with van der Waals surface area (Å²) in [7, 11) is 0. The number of nitrogens with zero attached hydrogens (tertiary/aromatic N) is 2. The van der Waals surface area contributed by atoms with E-state index in [0.717, 1.165) is 36.2 Å². The van der Waals surface area contributed by atoms with Crippen LogP contribution in [0.2, 0.25) is 0 Å². The molecule has 1 aliphatic carbocycles. The van der Waals surface area contributed by atoms with Crippen molar-refractivity contribution < 1.29 is 33.0 Å². The molecule has 200 valence electrons. The molecule has 1 aromatic carbocycles. The van der Waals surface area contributed by atoms with E-state index in [2.05, 4.69) is 20.6 Å². The largest absolute Gasteiger partial charge is 0.465 e. The van der Waals surface area contributed by atoms with Gasteiger partial charge in [-0.25, -0.2) is 22.9 Å². The minimum atomic E-state index is -1.14. The SMILES string of the molecule is C[C@@H]1C[C@H](NC(=O)O)C[C@H](c2ccncc2NC(=O)c2ccc(F)c(-c3c(F)cc([C@H](C)O)cc3F)n2)C1. The second-order valence-electron chi connectivity index (χ2n) is 9.64. The van der Waals surface area contributed by atoms with Crippen molar-refractivity contribution in [2.75, 3.05) is 5.32 Å². The fourth-order valence-electron chi connectivity index (χ4n) is 5.01. The number of aliphatic hydroxyl groups excluding tert-OH is 1. The number of hydrogen-bond acceptors (Lipinski definition) is 5. The van der Waals surface area contributed by atoms with Crippen molar-refractivity contribution in [3.05, 3.63) is 77.0 Å². The predicted octanol–water partition coefficient (Wildman–Crippen LogP) is 5.41. The Morgan fingerprint density at radius 3 is 2.42 bits per heavy atom. The quantitative estimate of drug-likeness (QED) is 0.339. The Labute approximate surface area is 217 Å². The molecule has 11 heteroatoms. The molecule has 1 saturated carbocycles. The molecule has 2 heterocycles. The van der Waals surface area contributed by atoms with E-state index in [4.69, 9.17) is 5.11 Å². The first-order chi connectivity index (χ1) is 18.0. The Morgan fingerprint density at radius 1 is 1.05 bits per heavy atom. The first-order valence-corrected chi connectivity index (χ1v) is 12.1. The Kier molecular flexibility index (Phi) is 7.96. The predicted molar refractivity (Wildman–Crippen MR) is 133 cm³/mol. The van der Waals surface area contributed by atoms with E-state index in [-0.39, 0.29) is 29.1 Å². The Balaban J connectivity index is 1.62. The topological polar surface area (TPSA) is 124 Å². The maximum Gasteiger partial charge on any atom is 0.404 e. The molecule has 38 heavy (non-hydrogen) atoms. The number of carboxylic acid groups (broad SMARTS) is 1. The van der Waals surface area contributed by atoms with Crippen LogP contribution in [-0.4, -0.2) is 38.2 Å². The van der Waals surface area contributed by atoms with Gasteiger partial charge in [0.1, 0.15) is 28.8 Å². The Hall–Kier alpha value is -3.99. The molecule has 4 atom stereocenters. The number of rotatable bonds is 6. The number of aromatic nitrogens is 2. The van der Waals surface area contributed by atoms with Gasteiger partial charge >= 0.3 is 6.09 Å². The maximum absolute atomic E-state index is 14.7. The number of benzene rings is 1. The van der Waals surface area contributed by atoms with Crippen molar-refractivity contribution in [1.29, 1.82) is 0 Å². The van der Waals surface area contributed by atoms with Crippen molar-refractivity contribution in [2.24, 2.45) is 5.92 Å². The van der Waals surface area contributed by atoms with Gasteiger partial charge in [0.05, 0.1) is 23.6 Å². The summed E-state index contributed by atoms with van der Waals surface area (Å²) < 4.78 is 44.0. The third-order valence-corrected chi connectivity index (χ3v) is 6.68. The van der Waals surface area contributed by atoms with Crippen LogP contribution in [0.3, 0.4) is 0 Å². The fraction of sp³-hybridized carbons (Fsp3) is 0.333. The van der Waals surface area contributed by atoms with Crippen LogP contribution in [0.25, 0.3) is 11.3 Å². The molecule has 0 radical (unpaired) electrons. The van der Waals surface area contributed by atoms with E-state index in [1.165, 1.54) is 13.1 Å². The first-order valence-electron chi connectivity index (χ1n) is 12.1. The number of pyridine rings is 2. The highest BCUT2D eigenvalue weighted by molar-refractivity contribution is 6.03. The monoisotopic (exact) mass is 528 g/mol. The molecule has 0 aliphatic heterocycles. The summed E-state index contributed by atoms with van der Waals surface area (Å²) in [5.41, 5.74) is -0.615. The van der Waals surface area contributed by atoms with Crippen LogP contribution in [-0.2, 0) is 0 Å². The summed E-state index contributed by atoms with van der Waals surface area (Å²) in [4.78, 5) is 32.2. The minimum absolute atomic E-state index is 0.0278. The second kappa shape index (κ2) is 11.2. The second-order valence-corrected chi connectivity index (χ2v) is 9.64. The molecule has 3 aromatic rings. The molecule has 2 aromatic heterocycles. The van der Waals surface area contributed by atoms with Gasteiger partial charge in [-0.2, -0.15) is 0 Å². The first kappa shape index (κ1) is 27.1. The van der Waals surface area contributed by atoms with Crippen LogP contribution in [0, 0.1) is 23.4 Å². The average molecular weight is 529 g/mol. The number of carbonyl (C=O) groups excluding carboxylic acids is 1. The highest BCUT2D eigenvalue weighted by Gasteiger charge is 2.30. The fourth-order valence-corrected chi connectivity index (χ4v) is 5.01. The Bertz CT molecular complexity index is 1340. The summed E-state index contributed by atoms with van der Waals surface area (Å²) in [6.07, 6.45) is 2.78. The Morgan fingerprint density at radius 2 is 1.76 bits per heavy atom. The summed E-state index contributed by atoms with van der Waals surface area (Å²) in [5, 5.41) is 24.0. The van der Waals surface area contributed by atoms with Crippen LogP contribution < -0.4 is 10.6 Å².